The van der Waals surface area contributed by atoms with E-state index in [-0.39, 0.29) is 11.4 Å². The first-order valence-corrected chi connectivity index (χ1v) is 7.89. The van der Waals surface area contributed by atoms with Crippen LogP contribution in [0.1, 0.15) is 47.3 Å². The van der Waals surface area contributed by atoms with Gasteiger partial charge in [-0.15, -0.1) is 0 Å². The van der Waals surface area contributed by atoms with Gasteiger partial charge in [0.25, 0.3) is 0 Å². The van der Waals surface area contributed by atoms with Crippen LogP contribution < -0.4 is 5.32 Å². The van der Waals surface area contributed by atoms with E-state index in [1.165, 1.54) is 17.5 Å². The molecule has 0 atom stereocenters. The van der Waals surface area contributed by atoms with Crippen LogP contribution in [-0.2, 0) is 16.8 Å². The summed E-state index contributed by atoms with van der Waals surface area (Å²) in [6, 6.07) is 8.36. The van der Waals surface area contributed by atoms with Crippen molar-refractivity contribution in [2.45, 2.75) is 52.0 Å². The monoisotopic (exact) mass is 297 g/mol. The maximum atomic E-state index is 12.6. The van der Waals surface area contributed by atoms with E-state index in [0.717, 1.165) is 29.8 Å². The van der Waals surface area contributed by atoms with Gasteiger partial charge >= 0.3 is 0 Å². The second kappa shape index (κ2) is 5.59. The normalized spacial score (nSPS) is 16.1. The molecule has 2 aromatic rings. The highest BCUT2D eigenvalue weighted by atomic mass is 16.1. The molecule has 4 heteroatoms. The van der Waals surface area contributed by atoms with Gasteiger partial charge in [-0.1, -0.05) is 24.3 Å². The minimum Gasteiger partial charge on any atom is -0.346 e. The van der Waals surface area contributed by atoms with Crippen LogP contribution in [0.3, 0.4) is 0 Å². The Kier molecular flexibility index (Phi) is 3.77. The number of hydrogen-bond acceptors (Lipinski definition) is 2. The lowest BCUT2D eigenvalue weighted by Crippen LogP contribution is -2.51. The number of nitrogens with one attached hydrogen (secondary N) is 2. The van der Waals surface area contributed by atoms with Crippen molar-refractivity contribution in [2.75, 3.05) is 0 Å². The number of benzene rings is 1. The number of aryl methyl sites for hydroxylation is 3. The molecule has 1 aromatic carbocycles. The molecule has 0 unspecified atom stereocenters. The molecule has 0 saturated heterocycles. The van der Waals surface area contributed by atoms with Crippen molar-refractivity contribution in [3.05, 3.63) is 52.3 Å². The van der Waals surface area contributed by atoms with Gasteiger partial charge in [0, 0.05) is 11.3 Å². The molecule has 1 aliphatic carbocycles. The van der Waals surface area contributed by atoms with Crippen LogP contribution in [0.25, 0.3) is 0 Å². The Morgan fingerprint density at radius 2 is 2.00 bits per heavy atom. The fraction of sp³-hybridized carbons (Fsp3) is 0.444. The average Bonchev–Trinajstić information content (AvgIpc) is 2.76. The molecule has 3 rings (SSSR count). The van der Waals surface area contributed by atoms with E-state index in [1.54, 1.807) is 0 Å². The van der Waals surface area contributed by atoms with E-state index >= 15 is 0 Å². The number of aromatic nitrogens is 2. The van der Waals surface area contributed by atoms with Crippen LogP contribution in [0.2, 0.25) is 0 Å². The standard InChI is InChI=1S/C18H23N3O/c1-12-7-4-5-8-16(12)18(9-6-10-18)19-17(22)11-15-13(2)20-21-14(15)3/h4-5,7-8H,6,9-11H2,1-3H3,(H,19,22)(H,20,21). The van der Waals surface area contributed by atoms with Gasteiger partial charge in [-0.25, -0.2) is 0 Å². The molecule has 0 aliphatic heterocycles. The van der Waals surface area contributed by atoms with Gasteiger partial charge in [-0.05, 0) is 51.2 Å². The van der Waals surface area contributed by atoms with E-state index in [0.29, 0.717) is 6.42 Å². The third-order valence-electron chi connectivity index (χ3n) is 4.86. The number of rotatable bonds is 4. The van der Waals surface area contributed by atoms with Gasteiger partial charge in [-0.2, -0.15) is 5.10 Å². The van der Waals surface area contributed by atoms with Crippen LogP contribution in [0, 0.1) is 20.8 Å². The zero-order valence-electron chi connectivity index (χ0n) is 13.5. The molecule has 1 fully saturated rings. The lowest BCUT2D eigenvalue weighted by atomic mass is 9.70. The zero-order chi connectivity index (χ0) is 15.7. The lowest BCUT2D eigenvalue weighted by molar-refractivity contribution is -0.123. The molecule has 1 heterocycles. The van der Waals surface area contributed by atoms with E-state index in [1.807, 2.05) is 19.9 Å². The summed E-state index contributed by atoms with van der Waals surface area (Å²) in [5, 5.41) is 10.4. The molecule has 0 bridgehead atoms. The minimum atomic E-state index is -0.173. The van der Waals surface area contributed by atoms with Gasteiger partial charge in [0.15, 0.2) is 0 Å². The first kappa shape index (κ1) is 14.8. The van der Waals surface area contributed by atoms with Gasteiger partial charge in [0.05, 0.1) is 17.7 Å². The summed E-state index contributed by atoms with van der Waals surface area (Å²) >= 11 is 0. The van der Waals surface area contributed by atoms with Crippen LogP contribution in [-0.4, -0.2) is 16.1 Å². The van der Waals surface area contributed by atoms with E-state index in [4.69, 9.17) is 0 Å². The molecular formula is C18H23N3O. The zero-order valence-corrected chi connectivity index (χ0v) is 13.5. The SMILES string of the molecule is Cc1ccccc1C1(NC(=O)Cc2c(C)n[nH]c2C)CCC1. The first-order valence-electron chi connectivity index (χ1n) is 7.89. The predicted octanol–water partition coefficient (Wildman–Crippen LogP) is 3.07. The molecule has 1 aromatic heterocycles. The van der Waals surface area contributed by atoms with Crippen molar-refractivity contribution >= 4 is 5.91 Å². The van der Waals surface area contributed by atoms with Gasteiger partial charge < -0.3 is 5.32 Å². The Hall–Kier alpha value is -2.10. The maximum Gasteiger partial charge on any atom is 0.225 e. The van der Waals surface area contributed by atoms with Crippen molar-refractivity contribution in [1.82, 2.24) is 15.5 Å². The van der Waals surface area contributed by atoms with Gasteiger partial charge in [0.1, 0.15) is 0 Å². The Labute approximate surface area is 131 Å². The number of carbonyl (C=O) groups excluding carboxylic acids is 1. The Bertz CT molecular complexity index is 679. The molecule has 0 spiro atoms. The number of hydrogen-bond donors (Lipinski definition) is 2. The molecule has 1 amide bonds. The second-order valence-electron chi connectivity index (χ2n) is 6.39. The molecule has 1 saturated carbocycles. The highest BCUT2D eigenvalue weighted by Gasteiger charge is 2.40. The Morgan fingerprint density at radius 3 is 2.55 bits per heavy atom. The van der Waals surface area contributed by atoms with E-state index < -0.39 is 0 Å². The Morgan fingerprint density at radius 1 is 1.27 bits per heavy atom. The van der Waals surface area contributed by atoms with Crippen LogP contribution in [0.4, 0.5) is 0 Å². The molecule has 2 N–H and O–H groups in total. The van der Waals surface area contributed by atoms with Crippen molar-refractivity contribution < 1.29 is 4.79 Å². The van der Waals surface area contributed by atoms with E-state index in [9.17, 15) is 4.79 Å². The highest BCUT2D eigenvalue weighted by Crippen LogP contribution is 2.42. The van der Waals surface area contributed by atoms with Gasteiger partial charge in [0.2, 0.25) is 5.91 Å². The summed E-state index contributed by atoms with van der Waals surface area (Å²) in [5.74, 6) is 0.0792. The summed E-state index contributed by atoms with van der Waals surface area (Å²) < 4.78 is 0. The Balaban J connectivity index is 1.79. The smallest absolute Gasteiger partial charge is 0.225 e. The van der Waals surface area contributed by atoms with E-state index in [2.05, 4.69) is 40.6 Å². The summed E-state index contributed by atoms with van der Waals surface area (Å²) in [5.41, 5.74) is 5.23. The van der Waals surface area contributed by atoms with Crippen molar-refractivity contribution in [3.63, 3.8) is 0 Å². The summed E-state index contributed by atoms with van der Waals surface area (Å²) in [4.78, 5) is 12.6. The topological polar surface area (TPSA) is 57.8 Å². The van der Waals surface area contributed by atoms with Crippen molar-refractivity contribution in [3.8, 4) is 0 Å². The molecular weight excluding hydrogens is 274 g/mol. The maximum absolute atomic E-state index is 12.6. The average molecular weight is 297 g/mol. The summed E-state index contributed by atoms with van der Waals surface area (Å²) in [6.45, 7) is 6.02. The molecule has 0 radical (unpaired) electrons. The fourth-order valence-corrected chi connectivity index (χ4v) is 3.41. The van der Waals surface area contributed by atoms with Crippen LogP contribution in [0.5, 0.6) is 0 Å². The third kappa shape index (κ3) is 2.54. The summed E-state index contributed by atoms with van der Waals surface area (Å²) in [7, 11) is 0. The quantitative estimate of drug-likeness (QED) is 0.911. The first-order chi connectivity index (χ1) is 10.5. The second-order valence-corrected chi connectivity index (χ2v) is 6.39. The molecule has 1 aliphatic rings. The van der Waals surface area contributed by atoms with Crippen molar-refractivity contribution in [1.29, 1.82) is 0 Å². The molecule has 22 heavy (non-hydrogen) atoms. The number of carbonyl (C=O) groups is 1. The van der Waals surface area contributed by atoms with Gasteiger partial charge in [-0.3, -0.25) is 9.89 Å². The van der Waals surface area contributed by atoms with Crippen molar-refractivity contribution in [2.24, 2.45) is 0 Å². The van der Waals surface area contributed by atoms with Crippen LogP contribution >= 0.6 is 0 Å². The predicted molar refractivity (Wildman–Crippen MR) is 86.6 cm³/mol. The fourth-order valence-electron chi connectivity index (χ4n) is 3.41. The van der Waals surface area contributed by atoms with Crippen LogP contribution in [0.15, 0.2) is 24.3 Å². The molecule has 4 nitrogen and oxygen atoms in total. The summed E-state index contributed by atoms with van der Waals surface area (Å²) in [6.07, 6.45) is 3.60. The number of H-pyrrole nitrogens is 1. The lowest BCUT2D eigenvalue weighted by Gasteiger charge is -2.44. The molecule has 116 valence electrons. The minimum absolute atomic E-state index is 0.0792. The largest absolute Gasteiger partial charge is 0.346 e. The number of nitrogens with zero attached hydrogens (tertiary/aromatic N) is 1. The number of aromatic amines is 1. The highest BCUT2D eigenvalue weighted by molar-refractivity contribution is 5.80. The third-order valence-corrected chi connectivity index (χ3v) is 4.86. The number of amides is 1.